The number of carbonyl (C=O) groups excluding carboxylic acids is 1. The fraction of sp³-hybridized carbons (Fsp3) is 0.381. The number of piperidine rings is 1. The first-order valence-electron chi connectivity index (χ1n) is 9.25. The average Bonchev–Trinajstić information content (AvgIpc) is 2.69. The van der Waals surface area contributed by atoms with Gasteiger partial charge in [-0.1, -0.05) is 0 Å². The molecule has 2 aromatic rings. The zero-order chi connectivity index (χ0) is 18.2. The molecule has 0 atom stereocenters. The number of ether oxygens (including phenoxy) is 2. The number of carbonyl (C=O) groups is 1. The van der Waals surface area contributed by atoms with E-state index in [0.29, 0.717) is 12.4 Å². The lowest BCUT2D eigenvalue weighted by molar-refractivity contribution is -0.118. The Balaban J connectivity index is 1.46. The van der Waals surface area contributed by atoms with Crippen LogP contribution in [0, 0.1) is 0 Å². The maximum atomic E-state index is 12.1. The van der Waals surface area contributed by atoms with Gasteiger partial charge in [-0.2, -0.15) is 0 Å². The standard InChI is InChI=1S/C21H26N2O3/c1-2-25-19-10-12-20(13-11-19)26-16-21(24)22-17-6-8-18(9-7-17)23-14-4-3-5-15-23/h6-13H,2-5,14-16H2,1H3,(H,22,24). The van der Waals surface area contributed by atoms with E-state index in [9.17, 15) is 4.79 Å². The summed E-state index contributed by atoms with van der Waals surface area (Å²) in [4.78, 5) is 14.5. The largest absolute Gasteiger partial charge is 0.494 e. The second-order valence-electron chi connectivity index (χ2n) is 6.34. The van der Waals surface area contributed by atoms with Crippen LogP contribution in [0.3, 0.4) is 0 Å². The summed E-state index contributed by atoms with van der Waals surface area (Å²) >= 11 is 0. The molecule has 0 saturated carbocycles. The summed E-state index contributed by atoms with van der Waals surface area (Å²) in [7, 11) is 0. The highest BCUT2D eigenvalue weighted by molar-refractivity contribution is 5.92. The number of nitrogens with zero attached hydrogens (tertiary/aromatic N) is 1. The molecule has 0 unspecified atom stereocenters. The molecule has 0 radical (unpaired) electrons. The predicted octanol–water partition coefficient (Wildman–Crippen LogP) is 4.09. The van der Waals surface area contributed by atoms with Gasteiger partial charge in [0.2, 0.25) is 0 Å². The lowest BCUT2D eigenvalue weighted by atomic mass is 10.1. The summed E-state index contributed by atoms with van der Waals surface area (Å²) in [5, 5.41) is 2.87. The van der Waals surface area contributed by atoms with E-state index in [1.807, 2.05) is 31.2 Å². The molecular formula is C21H26N2O3. The lowest BCUT2D eigenvalue weighted by Crippen LogP contribution is -2.29. The van der Waals surface area contributed by atoms with Gasteiger partial charge in [0, 0.05) is 24.5 Å². The molecule has 0 spiro atoms. The Morgan fingerprint density at radius 3 is 2.15 bits per heavy atom. The molecule has 2 aromatic carbocycles. The van der Waals surface area contributed by atoms with Gasteiger partial charge in [-0.25, -0.2) is 0 Å². The molecule has 1 fully saturated rings. The van der Waals surface area contributed by atoms with Crippen molar-refractivity contribution >= 4 is 17.3 Å². The van der Waals surface area contributed by atoms with Gasteiger partial charge in [0.15, 0.2) is 6.61 Å². The maximum absolute atomic E-state index is 12.1. The smallest absolute Gasteiger partial charge is 0.262 e. The number of rotatable bonds is 7. The molecule has 5 nitrogen and oxygen atoms in total. The summed E-state index contributed by atoms with van der Waals surface area (Å²) in [6.07, 6.45) is 3.82. The molecule has 5 heteroatoms. The van der Waals surface area contributed by atoms with Crippen molar-refractivity contribution in [2.24, 2.45) is 0 Å². The molecule has 1 amide bonds. The van der Waals surface area contributed by atoms with E-state index in [0.717, 1.165) is 24.5 Å². The average molecular weight is 354 g/mol. The fourth-order valence-electron chi connectivity index (χ4n) is 3.05. The molecule has 26 heavy (non-hydrogen) atoms. The summed E-state index contributed by atoms with van der Waals surface area (Å²) < 4.78 is 10.9. The molecule has 0 aromatic heterocycles. The van der Waals surface area contributed by atoms with Crippen molar-refractivity contribution in [3.8, 4) is 11.5 Å². The number of nitrogens with one attached hydrogen (secondary N) is 1. The summed E-state index contributed by atoms with van der Waals surface area (Å²) in [5.41, 5.74) is 2.00. The molecule has 0 bridgehead atoms. The maximum Gasteiger partial charge on any atom is 0.262 e. The van der Waals surface area contributed by atoms with Crippen molar-refractivity contribution in [3.05, 3.63) is 48.5 Å². The van der Waals surface area contributed by atoms with E-state index in [1.54, 1.807) is 12.1 Å². The van der Waals surface area contributed by atoms with Crippen molar-refractivity contribution in [1.29, 1.82) is 0 Å². The van der Waals surface area contributed by atoms with Crippen molar-refractivity contribution < 1.29 is 14.3 Å². The van der Waals surface area contributed by atoms with Crippen LogP contribution in [0.5, 0.6) is 11.5 Å². The first kappa shape index (κ1) is 18.1. The Kier molecular flexibility index (Phi) is 6.36. The Labute approximate surface area is 154 Å². The Bertz CT molecular complexity index is 692. The van der Waals surface area contributed by atoms with Crippen LogP contribution in [0.1, 0.15) is 26.2 Å². The Morgan fingerprint density at radius 2 is 1.54 bits per heavy atom. The minimum Gasteiger partial charge on any atom is -0.494 e. The number of anilines is 2. The van der Waals surface area contributed by atoms with Crippen LogP contribution in [-0.2, 0) is 4.79 Å². The summed E-state index contributed by atoms with van der Waals surface area (Å²) in [5.74, 6) is 1.26. The summed E-state index contributed by atoms with van der Waals surface area (Å²) in [6, 6.07) is 15.3. The molecule has 1 aliphatic rings. The second kappa shape index (κ2) is 9.13. The van der Waals surface area contributed by atoms with Crippen LogP contribution >= 0.6 is 0 Å². The third kappa shape index (κ3) is 5.15. The number of amides is 1. The van der Waals surface area contributed by atoms with E-state index < -0.39 is 0 Å². The Hall–Kier alpha value is -2.69. The number of benzene rings is 2. The molecule has 3 rings (SSSR count). The van der Waals surface area contributed by atoms with E-state index in [4.69, 9.17) is 9.47 Å². The summed E-state index contributed by atoms with van der Waals surface area (Å²) in [6.45, 7) is 4.76. The van der Waals surface area contributed by atoms with Gasteiger partial charge >= 0.3 is 0 Å². The molecule has 1 N–H and O–H groups in total. The molecule has 138 valence electrons. The third-order valence-electron chi connectivity index (χ3n) is 4.38. The van der Waals surface area contributed by atoms with Gasteiger partial charge in [-0.05, 0) is 74.7 Å². The van der Waals surface area contributed by atoms with Gasteiger partial charge in [-0.15, -0.1) is 0 Å². The topological polar surface area (TPSA) is 50.8 Å². The highest BCUT2D eigenvalue weighted by atomic mass is 16.5. The van der Waals surface area contributed by atoms with Crippen LogP contribution < -0.4 is 19.7 Å². The van der Waals surface area contributed by atoms with Crippen LogP contribution in [0.15, 0.2) is 48.5 Å². The van der Waals surface area contributed by atoms with Crippen molar-refractivity contribution in [3.63, 3.8) is 0 Å². The number of hydrogen-bond acceptors (Lipinski definition) is 4. The van der Waals surface area contributed by atoms with Gasteiger partial charge in [0.25, 0.3) is 5.91 Å². The van der Waals surface area contributed by atoms with Crippen LogP contribution in [0.25, 0.3) is 0 Å². The SMILES string of the molecule is CCOc1ccc(OCC(=O)Nc2ccc(N3CCCCC3)cc2)cc1. The first-order valence-corrected chi connectivity index (χ1v) is 9.25. The molecule has 1 aliphatic heterocycles. The predicted molar refractivity (Wildman–Crippen MR) is 104 cm³/mol. The van der Waals surface area contributed by atoms with Gasteiger partial charge in [0.1, 0.15) is 11.5 Å². The fourth-order valence-corrected chi connectivity index (χ4v) is 3.05. The number of hydrogen-bond donors (Lipinski definition) is 1. The van der Waals surface area contributed by atoms with Crippen molar-refractivity contribution in [2.45, 2.75) is 26.2 Å². The highest BCUT2D eigenvalue weighted by Gasteiger charge is 2.11. The van der Waals surface area contributed by atoms with Crippen molar-refractivity contribution in [2.75, 3.05) is 36.5 Å². The Morgan fingerprint density at radius 1 is 0.923 bits per heavy atom. The van der Waals surface area contributed by atoms with E-state index in [1.165, 1.54) is 24.9 Å². The molecule has 1 saturated heterocycles. The van der Waals surface area contributed by atoms with Gasteiger partial charge < -0.3 is 19.7 Å². The van der Waals surface area contributed by atoms with Crippen LogP contribution in [0.2, 0.25) is 0 Å². The zero-order valence-electron chi connectivity index (χ0n) is 15.2. The van der Waals surface area contributed by atoms with E-state index in [-0.39, 0.29) is 12.5 Å². The molecule has 1 heterocycles. The highest BCUT2D eigenvalue weighted by Crippen LogP contribution is 2.22. The lowest BCUT2D eigenvalue weighted by Gasteiger charge is -2.28. The van der Waals surface area contributed by atoms with Crippen molar-refractivity contribution in [1.82, 2.24) is 0 Å². The minimum atomic E-state index is -0.176. The van der Waals surface area contributed by atoms with Gasteiger partial charge in [-0.3, -0.25) is 4.79 Å². The first-order chi connectivity index (χ1) is 12.7. The zero-order valence-corrected chi connectivity index (χ0v) is 15.2. The van der Waals surface area contributed by atoms with Gasteiger partial charge in [0.05, 0.1) is 6.61 Å². The van der Waals surface area contributed by atoms with E-state index in [2.05, 4.69) is 22.3 Å². The van der Waals surface area contributed by atoms with E-state index >= 15 is 0 Å². The molecule has 0 aliphatic carbocycles. The normalized spacial score (nSPS) is 14.0. The monoisotopic (exact) mass is 354 g/mol. The van der Waals surface area contributed by atoms with Crippen LogP contribution in [0.4, 0.5) is 11.4 Å². The quantitative estimate of drug-likeness (QED) is 0.813. The minimum absolute atomic E-state index is 0.0259. The second-order valence-corrected chi connectivity index (χ2v) is 6.34. The third-order valence-corrected chi connectivity index (χ3v) is 4.38. The molecular weight excluding hydrogens is 328 g/mol. The van der Waals surface area contributed by atoms with Crippen LogP contribution in [-0.4, -0.2) is 32.2 Å².